The van der Waals surface area contributed by atoms with Crippen molar-refractivity contribution < 1.29 is 9.90 Å². The van der Waals surface area contributed by atoms with Crippen LogP contribution in [0.1, 0.15) is 44.2 Å². The average Bonchev–Trinajstić information content (AvgIpc) is 2.23. The zero-order valence-corrected chi connectivity index (χ0v) is 10.1. The lowest BCUT2D eigenvalue weighted by Crippen LogP contribution is -1.98. The van der Waals surface area contributed by atoms with Crippen LogP contribution in [-0.2, 0) is 17.6 Å². The average molecular weight is 220 g/mol. The molecule has 0 fully saturated rings. The van der Waals surface area contributed by atoms with Crippen LogP contribution in [0.25, 0.3) is 0 Å². The first-order chi connectivity index (χ1) is 7.65. The number of para-hydroxylation sites is 1. The molecule has 1 aromatic rings. The van der Waals surface area contributed by atoms with E-state index in [0.717, 1.165) is 24.0 Å². The third-order valence-electron chi connectivity index (χ3n) is 2.69. The Morgan fingerprint density at radius 1 is 1.25 bits per heavy atom. The molecule has 0 radical (unpaired) electrons. The molecule has 0 heterocycles. The molecule has 0 aromatic heterocycles. The molecule has 2 heteroatoms. The summed E-state index contributed by atoms with van der Waals surface area (Å²) in [6.07, 6.45) is 4.66. The van der Waals surface area contributed by atoms with Crippen molar-refractivity contribution in [2.24, 2.45) is 0 Å². The smallest absolute Gasteiger partial charge is 0.134 e. The number of aromatic hydroxyl groups is 1. The highest BCUT2D eigenvalue weighted by Crippen LogP contribution is 2.24. The number of hydrogen-bond donors (Lipinski definition) is 1. The van der Waals surface area contributed by atoms with Crippen LogP contribution in [0.15, 0.2) is 18.2 Å². The normalized spacial score (nSPS) is 10.4. The van der Waals surface area contributed by atoms with Gasteiger partial charge in [0.15, 0.2) is 0 Å². The number of Topliss-reactive ketones (excluding diaryl/α,β-unsaturated/α-hetero) is 1. The topological polar surface area (TPSA) is 37.3 Å². The Kier molecular flexibility index (Phi) is 5.03. The number of phenols is 1. The monoisotopic (exact) mass is 220 g/mol. The highest BCUT2D eigenvalue weighted by atomic mass is 16.3. The van der Waals surface area contributed by atoms with Crippen molar-refractivity contribution in [2.75, 3.05) is 0 Å². The number of carbonyl (C=O) groups excluding carboxylic acids is 1. The number of rotatable bonds is 6. The highest BCUT2D eigenvalue weighted by Gasteiger charge is 2.08. The van der Waals surface area contributed by atoms with E-state index in [-0.39, 0.29) is 5.78 Å². The minimum Gasteiger partial charge on any atom is -0.507 e. The minimum absolute atomic E-state index is 0.0843. The lowest BCUT2D eigenvalue weighted by atomic mass is 10.0. The van der Waals surface area contributed by atoms with E-state index in [1.807, 2.05) is 18.2 Å². The van der Waals surface area contributed by atoms with Gasteiger partial charge in [0.1, 0.15) is 11.5 Å². The molecule has 0 atom stereocenters. The third-order valence-corrected chi connectivity index (χ3v) is 2.69. The van der Waals surface area contributed by atoms with Crippen LogP contribution in [-0.4, -0.2) is 10.9 Å². The SMILES string of the molecule is CCCCCc1cccc(CC(C)=O)c1O. The fourth-order valence-electron chi connectivity index (χ4n) is 1.82. The van der Waals surface area contributed by atoms with Crippen LogP contribution in [0.4, 0.5) is 0 Å². The maximum absolute atomic E-state index is 11.0. The molecule has 2 nitrogen and oxygen atoms in total. The van der Waals surface area contributed by atoms with E-state index in [1.54, 1.807) is 6.92 Å². The Labute approximate surface area is 97.3 Å². The molecule has 0 unspecified atom stereocenters. The summed E-state index contributed by atoms with van der Waals surface area (Å²) in [7, 11) is 0. The molecule has 16 heavy (non-hydrogen) atoms. The fourth-order valence-corrected chi connectivity index (χ4v) is 1.82. The van der Waals surface area contributed by atoms with Gasteiger partial charge in [-0.2, -0.15) is 0 Å². The van der Waals surface area contributed by atoms with Gasteiger partial charge >= 0.3 is 0 Å². The maximum atomic E-state index is 11.0. The van der Waals surface area contributed by atoms with Gasteiger partial charge in [0.25, 0.3) is 0 Å². The summed E-state index contributed by atoms with van der Waals surface area (Å²) in [5.74, 6) is 0.398. The molecule has 0 spiro atoms. The second-order valence-electron chi connectivity index (χ2n) is 4.26. The molecule has 0 saturated heterocycles. The summed E-state index contributed by atoms with van der Waals surface area (Å²) in [5, 5.41) is 9.98. The van der Waals surface area contributed by atoms with Gasteiger partial charge in [0.05, 0.1) is 0 Å². The van der Waals surface area contributed by atoms with Crippen LogP contribution >= 0.6 is 0 Å². The quantitative estimate of drug-likeness (QED) is 0.747. The first-order valence-electron chi connectivity index (χ1n) is 5.94. The Balaban J connectivity index is 2.74. The van der Waals surface area contributed by atoms with E-state index >= 15 is 0 Å². The molecule has 0 aliphatic heterocycles. The van der Waals surface area contributed by atoms with Crippen molar-refractivity contribution in [1.82, 2.24) is 0 Å². The number of aryl methyl sites for hydroxylation is 1. The molecule has 0 aliphatic rings. The van der Waals surface area contributed by atoms with Crippen molar-refractivity contribution in [3.8, 4) is 5.75 Å². The molecule has 1 aromatic carbocycles. The second kappa shape index (κ2) is 6.31. The molecule has 1 rings (SSSR count). The van der Waals surface area contributed by atoms with Gasteiger partial charge in [0, 0.05) is 12.0 Å². The van der Waals surface area contributed by atoms with Crippen LogP contribution in [0.5, 0.6) is 5.75 Å². The summed E-state index contributed by atoms with van der Waals surface area (Å²) in [6.45, 7) is 3.70. The lowest BCUT2D eigenvalue weighted by Gasteiger charge is -2.08. The van der Waals surface area contributed by atoms with Crippen molar-refractivity contribution >= 4 is 5.78 Å². The summed E-state index contributed by atoms with van der Waals surface area (Å²) >= 11 is 0. The zero-order chi connectivity index (χ0) is 12.0. The van der Waals surface area contributed by atoms with Crippen molar-refractivity contribution in [3.05, 3.63) is 29.3 Å². The predicted molar refractivity (Wildman–Crippen MR) is 65.7 cm³/mol. The van der Waals surface area contributed by atoms with Crippen LogP contribution in [0, 0.1) is 0 Å². The van der Waals surface area contributed by atoms with E-state index in [2.05, 4.69) is 6.92 Å². The molecule has 1 N–H and O–H groups in total. The summed E-state index contributed by atoms with van der Waals surface area (Å²) in [4.78, 5) is 11.0. The Morgan fingerprint density at radius 2 is 1.94 bits per heavy atom. The molecular formula is C14H20O2. The van der Waals surface area contributed by atoms with E-state index in [1.165, 1.54) is 12.8 Å². The van der Waals surface area contributed by atoms with Crippen molar-refractivity contribution in [3.63, 3.8) is 0 Å². The number of hydrogen-bond acceptors (Lipinski definition) is 2. The number of phenolic OH excluding ortho intramolecular Hbond substituents is 1. The van der Waals surface area contributed by atoms with E-state index in [0.29, 0.717) is 12.2 Å². The van der Waals surface area contributed by atoms with Gasteiger partial charge in [0.2, 0.25) is 0 Å². The predicted octanol–water partition coefficient (Wildman–Crippen LogP) is 3.26. The van der Waals surface area contributed by atoms with Gasteiger partial charge in [-0.05, 0) is 25.3 Å². The highest BCUT2D eigenvalue weighted by molar-refractivity contribution is 5.79. The fraction of sp³-hybridized carbons (Fsp3) is 0.500. The van der Waals surface area contributed by atoms with Gasteiger partial charge in [-0.15, -0.1) is 0 Å². The summed E-state index contributed by atoms with van der Waals surface area (Å²) < 4.78 is 0. The Morgan fingerprint density at radius 3 is 2.56 bits per heavy atom. The van der Waals surface area contributed by atoms with Gasteiger partial charge in [-0.1, -0.05) is 38.0 Å². The van der Waals surface area contributed by atoms with Crippen LogP contribution in [0.3, 0.4) is 0 Å². The molecule has 0 aliphatic carbocycles. The standard InChI is InChI=1S/C14H20O2/c1-3-4-5-7-12-8-6-9-13(14(12)16)10-11(2)15/h6,8-9,16H,3-5,7,10H2,1-2H3. The van der Waals surface area contributed by atoms with Gasteiger partial charge in [-0.3, -0.25) is 4.79 Å². The van der Waals surface area contributed by atoms with E-state index in [9.17, 15) is 9.90 Å². The number of benzene rings is 1. The molecular weight excluding hydrogens is 200 g/mol. The van der Waals surface area contributed by atoms with Crippen molar-refractivity contribution in [1.29, 1.82) is 0 Å². The summed E-state index contributed by atoms with van der Waals surface area (Å²) in [6, 6.07) is 5.67. The number of carbonyl (C=O) groups is 1. The maximum Gasteiger partial charge on any atom is 0.134 e. The minimum atomic E-state index is 0.0843. The molecule has 0 amide bonds. The molecule has 88 valence electrons. The van der Waals surface area contributed by atoms with E-state index in [4.69, 9.17) is 0 Å². The Hall–Kier alpha value is -1.31. The number of ketones is 1. The number of unbranched alkanes of at least 4 members (excludes halogenated alkanes) is 2. The van der Waals surface area contributed by atoms with Crippen LogP contribution in [0.2, 0.25) is 0 Å². The van der Waals surface area contributed by atoms with Crippen LogP contribution < -0.4 is 0 Å². The largest absolute Gasteiger partial charge is 0.507 e. The first kappa shape index (κ1) is 12.8. The Bertz CT molecular complexity index is 356. The lowest BCUT2D eigenvalue weighted by molar-refractivity contribution is -0.116. The van der Waals surface area contributed by atoms with Gasteiger partial charge < -0.3 is 5.11 Å². The first-order valence-corrected chi connectivity index (χ1v) is 5.94. The summed E-state index contributed by atoms with van der Waals surface area (Å²) in [5.41, 5.74) is 1.72. The van der Waals surface area contributed by atoms with Crippen molar-refractivity contribution in [2.45, 2.75) is 46.0 Å². The zero-order valence-electron chi connectivity index (χ0n) is 10.1. The third kappa shape index (κ3) is 3.69. The van der Waals surface area contributed by atoms with Gasteiger partial charge in [-0.25, -0.2) is 0 Å². The second-order valence-corrected chi connectivity index (χ2v) is 4.26. The molecule has 0 saturated carbocycles. The van der Waals surface area contributed by atoms with E-state index < -0.39 is 0 Å². The molecule has 0 bridgehead atoms.